The molecule has 0 saturated carbocycles. The third kappa shape index (κ3) is 1.80. The fraction of sp³-hybridized carbons (Fsp3) is 0.500. The number of aromatic amines is 1. The predicted octanol–water partition coefficient (Wildman–Crippen LogP) is 0.851. The average Bonchev–Trinajstić information content (AvgIpc) is 2.23. The summed E-state index contributed by atoms with van der Waals surface area (Å²) in [6.07, 6.45) is 3.77. The van der Waals surface area contributed by atoms with Gasteiger partial charge in [0.1, 0.15) is 0 Å². The van der Waals surface area contributed by atoms with Crippen molar-refractivity contribution in [3.05, 3.63) is 28.2 Å². The molecule has 0 unspecified atom stereocenters. The van der Waals surface area contributed by atoms with Crippen LogP contribution in [-0.2, 0) is 4.74 Å². The number of nitrogen functional groups attached to an aromatic ring is 1. The largest absolute Gasteiger partial charge is 0.394 e. The standard InChI is InChI=1S/C10H14N2O2/c11-9-5-8(6-12-10(9)13)7-1-3-14-4-2-7/h5-7H,1-4,11H2,(H,12,13). The zero-order chi connectivity index (χ0) is 9.97. The second kappa shape index (κ2) is 3.84. The van der Waals surface area contributed by atoms with Gasteiger partial charge in [-0.1, -0.05) is 0 Å². The number of anilines is 1. The number of aromatic nitrogens is 1. The van der Waals surface area contributed by atoms with E-state index in [1.54, 1.807) is 12.3 Å². The second-order valence-corrected chi connectivity index (χ2v) is 3.60. The van der Waals surface area contributed by atoms with E-state index in [1.807, 2.05) is 0 Å². The number of nitrogens with one attached hydrogen (secondary N) is 1. The van der Waals surface area contributed by atoms with E-state index in [0.29, 0.717) is 11.6 Å². The Morgan fingerprint density at radius 3 is 2.79 bits per heavy atom. The van der Waals surface area contributed by atoms with Crippen LogP contribution in [0.1, 0.15) is 24.3 Å². The monoisotopic (exact) mass is 194 g/mol. The molecule has 4 heteroatoms. The van der Waals surface area contributed by atoms with Crippen LogP contribution in [0.25, 0.3) is 0 Å². The first-order valence-corrected chi connectivity index (χ1v) is 4.83. The van der Waals surface area contributed by atoms with Crippen molar-refractivity contribution in [2.75, 3.05) is 18.9 Å². The minimum Gasteiger partial charge on any atom is -0.394 e. The molecule has 1 aromatic heterocycles. The van der Waals surface area contributed by atoms with E-state index in [2.05, 4.69) is 4.98 Å². The fourth-order valence-electron chi connectivity index (χ4n) is 1.79. The maximum absolute atomic E-state index is 11.0. The lowest BCUT2D eigenvalue weighted by Gasteiger charge is -2.22. The molecule has 76 valence electrons. The first kappa shape index (κ1) is 9.27. The molecule has 1 aliphatic heterocycles. The molecule has 1 saturated heterocycles. The van der Waals surface area contributed by atoms with Gasteiger partial charge >= 0.3 is 0 Å². The highest BCUT2D eigenvalue weighted by atomic mass is 16.5. The molecular formula is C10H14N2O2. The molecule has 0 aromatic carbocycles. The molecule has 14 heavy (non-hydrogen) atoms. The Labute approximate surface area is 82.1 Å². The van der Waals surface area contributed by atoms with E-state index in [9.17, 15) is 4.79 Å². The molecule has 0 bridgehead atoms. The first-order valence-electron chi connectivity index (χ1n) is 4.83. The third-order valence-corrected chi connectivity index (χ3v) is 2.65. The molecule has 2 rings (SSSR count). The molecule has 2 heterocycles. The minimum absolute atomic E-state index is 0.208. The summed E-state index contributed by atoms with van der Waals surface area (Å²) in [7, 11) is 0. The summed E-state index contributed by atoms with van der Waals surface area (Å²) in [6, 6.07) is 1.77. The summed E-state index contributed by atoms with van der Waals surface area (Å²) in [4.78, 5) is 13.7. The number of hydrogen-bond donors (Lipinski definition) is 2. The van der Waals surface area contributed by atoms with Crippen LogP contribution >= 0.6 is 0 Å². The summed E-state index contributed by atoms with van der Waals surface area (Å²) in [5.41, 5.74) is 6.76. The van der Waals surface area contributed by atoms with Crippen molar-refractivity contribution >= 4 is 5.69 Å². The van der Waals surface area contributed by atoms with E-state index in [0.717, 1.165) is 31.6 Å². The van der Waals surface area contributed by atoms with Crippen molar-refractivity contribution < 1.29 is 4.74 Å². The second-order valence-electron chi connectivity index (χ2n) is 3.60. The van der Waals surface area contributed by atoms with Gasteiger partial charge in [0.05, 0.1) is 5.69 Å². The van der Waals surface area contributed by atoms with Crippen LogP contribution in [0.15, 0.2) is 17.1 Å². The lowest BCUT2D eigenvalue weighted by Crippen LogP contribution is -2.17. The molecule has 0 atom stereocenters. The van der Waals surface area contributed by atoms with Crippen LogP contribution < -0.4 is 11.3 Å². The fourth-order valence-corrected chi connectivity index (χ4v) is 1.79. The Morgan fingerprint density at radius 2 is 2.14 bits per heavy atom. The summed E-state index contributed by atoms with van der Waals surface area (Å²) < 4.78 is 5.27. The van der Waals surface area contributed by atoms with Gasteiger partial charge < -0.3 is 15.5 Å². The molecule has 1 fully saturated rings. The summed E-state index contributed by atoms with van der Waals surface area (Å²) in [5, 5.41) is 0. The smallest absolute Gasteiger partial charge is 0.271 e. The maximum atomic E-state index is 11.0. The van der Waals surface area contributed by atoms with E-state index in [4.69, 9.17) is 10.5 Å². The van der Waals surface area contributed by atoms with Gasteiger partial charge in [-0.3, -0.25) is 4.79 Å². The third-order valence-electron chi connectivity index (χ3n) is 2.65. The normalized spacial score (nSPS) is 18.3. The Bertz CT molecular complexity index is 367. The van der Waals surface area contributed by atoms with Gasteiger partial charge in [-0.2, -0.15) is 0 Å². The van der Waals surface area contributed by atoms with Crippen molar-refractivity contribution in [2.24, 2.45) is 0 Å². The molecule has 0 amide bonds. The van der Waals surface area contributed by atoms with Crippen molar-refractivity contribution in [1.82, 2.24) is 4.98 Å². The van der Waals surface area contributed by atoms with Crippen molar-refractivity contribution in [3.8, 4) is 0 Å². The quantitative estimate of drug-likeness (QED) is 0.696. The molecule has 0 spiro atoms. The molecular weight excluding hydrogens is 180 g/mol. The number of hydrogen-bond acceptors (Lipinski definition) is 3. The van der Waals surface area contributed by atoms with Crippen molar-refractivity contribution in [1.29, 1.82) is 0 Å². The van der Waals surface area contributed by atoms with Gasteiger partial charge in [0, 0.05) is 19.4 Å². The molecule has 1 aromatic rings. The lowest BCUT2D eigenvalue weighted by atomic mass is 9.93. The van der Waals surface area contributed by atoms with Gasteiger partial charge in [0.15, 0.2) is 0 Å². The van der Waals surface area contributed by atoms with Gasteiger partial charge in [-0.15, -0.1) is 0 Å². The number of rotatable bonds is 1. The van der Waals surface area contributed by atoms with E-state index >= 15 is 0 Å². The minimum atomic E-state index is -0.208. The number of ether oxygens (including phenoxy) is 1. The molecule has 0 radical (unpaired) electrons. The van der Waals surface area contributed by atoms with Crippen molar-refractivity contribution in [3.63, 3.8) is 0 Å². The van der Waals surface area contributed by atoms with E-state index in [-0.39, 0.29) is 5.56 Å². The van der Waals surface area contributed by atoms with Gasteiger partial charge in [-0.25, -0.2) is 0 Å². The maximum Gasteiger partial charge on any atom is 0.271 e. The Hall–Kier alpha value is -1.29. The van der Waals surface area contributed by atoms with Crippen LogP contribution in [0.3, 0.4) is 0 Å². The Morgan fingerprint density at radius 1 is 1.43 bits per heavy atom. The van der Waals surface area contributed by atoms with E-state index < -0.39 is 0 Å². The summed E-state index contributed by atoms with van der Waals surface area (Å²) in [6.45, 7) is 1.59. The van der Waals surface area contributed by atoms with Crippen LogP contribution in [0.4, 0.5) is 5.69 Å². The van der Waals surface area contributed by atoms with E-state index in [1.165, 1.54) is 0 Å². The van der Waals surface area contributed by atoms with Crippen LogP contribution in [0, 0.1) is 0 Å². The zero-order valence-electron chi connectivity index (χ0n) is 7.95. The summed E-state index contributed by atoms with van der Waals surface area (Å²) >= 11 is 0. The van der Waals surface area contributed by atoms with Crippen molar-refractivity contribution in [2.45, 2.75) is 18.8 Å². The average molecular weight is 194 g/mol. The van der Waals surface area contributed by atoms with Crippen LogP contribution in [0.2, 0.25) is 0 Å². The van der Waals surface area contributed by atoms with Crippen LogP contribution in [0.5, 0.6) is 0 Å². The number of H-pyrrole nitrogens is 1. The molecule has 4 nitrogen and oxygen atoms in total. The van der Waals surface area contributed by atoms with Gasteiger partial charge in [0.2, 0.25) is 0 Å². The topological polar surface area (TPSA) is 68.1 Å². The number of pyridine rings is 1. The molecule has 3 N–H and O–H groups in total. The highest BCUT2D eigenvalue weighted by Crippen LogP contribution is 2.26. The van der Waals surface area contributed by atoms with Crippen LogP contribution in [-0.4, -0.2) is 18.2 Å². The highest BCUT2D eigenvalue weighted by molar-refractivity contribution is 5.38. The SMILES string of the molecule is Nc1cc(C2CCOCC2)c[nH]c1=O. The zero-order valence-corrected chi connectivity index (χ0v) is 7.95. The molecule has 1 aliphatic rings. The Kier molecular flexibility index (Phi) is 2.54. The van der Waals surface area contributed by atoms with Gasteiger partial charge in [0.25, 0.3) is 5.56 Å². The molecule has 0 aliphatic carbocycles. The highest BCUT2D eigenvalue weighted by Gasteiger charge is 2.16. The Balaban J connectivity index is 2.22. The predicted molar refractivity (Wildman–Crippen MR) is 54.3 cm³/mol. The lowest BCUT2D eigenvalue weighted by molar-refractivity contribution is 0.0853. The van der Waals surface area contributed by atoms with Gasteiger partial charge in [-0.05, 0) is 30.4 Å². The summed E-state index contributed by atoms with van der Waals surface area (Å²) in [5.74, 6) is 0.475. The first-order chi connectivity index (χ1) is 6.77. The number of nitrogens with two attached hydrogens (primary N) is 1.